The number of carbonyl (C=O) groups excluding carboxylic acids is 2. The van der Waals surface area contributed by atoms with Crippen molar-refractivity contribution >= 4 is 49.7 Å². The van der Waals surface area contributed by atoms with Crippen molar-refractivity contribution in [2.75, 3.05) is 0 Å². The SMILES string of the molecule is CC(=Nc1ccc(Br)cc1)C1=C(O)[C@@]2(O)C(=O)c3c(c(C)c4ccc(C)c(O)c4c3O)C[C@H]2[C@@H](N)C1=O. The molecule has 37 heavy (non-hydrogen) atoms. The third-order valence-electron chi connectivity index (χ3n) is 7.61. The first-order chi connectivity index (χ1) is 17.4. The van der Waals surface area contributed by atoms with Crippen LogP contribution >= 0.6 is 15.9 Å². The molecule has 0 heterocycles. The van der Waals surface area contributed by atoms with E-state index in [4.69, 9.17) is 5.73 Å². The smallest absolute Gasteiger partial charge is 0.206 e. The van der Waals surface area contributed by atoms with E-state index in [1.165, 1.54) is 6.92 Å². The van der Waals surface area contributed by atoms with Gasteiger partial charge in [0.1, 0.15) is 17.3 Å². The summed E-state index contributed by atoms with van der Waals surface area (Å²) in [5.41, 5.74) is 5.29. The van der Waals surface area contributed by atoms with Crippen molar-refractivity contribution in [3.8, 4) is 11.5 Å². The molecule has 0 unspecified atom stereocenters. The van der Waals surface area contributed by atoms with Crippen LogP contribution in [0, 0.1) is 19.8 Å². The Morgan fingerprint density at radius 3 is 2.35 bits per heavy atom. The molecule has 8 nitrogen and oxygen atoms in total. The van der Waals surface area contributed by atoms with Gasteiger partial charge in [0.05, 0.1) is 34.0 Å². The van der Waals surface area contributed by atoms with Gasteiger partial charge in [0, 0.05) is 10.4 Å². The lowest BCUT2D eigenvalue weighted by Crippen LogP contribution is -2.63. The molecule has 0 saturated heterocycles. The summed E-state index contributed by atoms with van der Waals surface area (Å²) in [4.78, 5) is 31.6. The van der Waals surface area contributed by atoms with Gasteiger partial charge in [-0.1, -0.05) is 28.1 Å². The van der Waals surface area contributed by atoms with Crippen LogP contribution in [0.2, 0.25) is 0 Å². The number of aryl methyl sites for hydroxylation is 2. The predicted molar refractivity (Wildman–Crippen MR) is 143 cm³/mol. The summed E-state index contributed by atoms with van der Waals surface area (Å²) in [6.07, 6.45) is -0.0469. The molecule has 6 N–H and O–H groups in total. The number of carbonyl (C=O) groups is 2. The molecule has 0 spiro atoms. The number of benzene rings is 3. The van der Waals surface area contributed by atoms with Crippen LogP contribution < -0.4 is 5.73 Å². The van der Waals surface area contributed by atoms with E-state index in [2.05, 4.69) is 20.9 Å². The Kier molecular flexibility index (Phi) is 5.78. The highest BCUT2D eigenvalue weighted by Crippen LogP contribution is 2.50. The number of fused-ring (bicyclic) bond motifs is 3. The largest absolute Gasteiger partial charge is 0.508 e. The molecule has 9 heteroatoms. The van der Waals surface area contributed by atoms with Crippen molar-refractivity contribution < 1.29 is 30.0 Å². The van der Waals surface area contributed by atoms with Gasteiger partial charge in [-0.2, -0.15) is 0 Å². The van der Waals surface area contributed by atoms with Crippen molar-refractivity contribution in [1.29, 1.82) is 0 Å². The number of aliphatic hydroxyl groups excluding tert-OH is 1. The van der Waals surface area contributed by atoms with Crippen molar-refractivity contribution in [1.82, 2.24) is 0 Å². The van der Waals surface area contributed by atoms with Crippen molar-refractivity contribution in [2.24, 2.45) is 16.6 Å². The van der Waals surface area contributed by atoms with Gasteiger partial charge in [-0.25, -0.2) is 0 Å². The molecule has 0 bridgehead atoms. The standard InChI is InChI=1S/C28H25BrN2O6/c1-11-4-9-16-12(2)17-10-18-22(30)25(34)19(13(3)31-15-7-5-14(29)6-8-15)26(35)28(18,37)27(36)21(17)24(33)20(16)23(11)32/h4-9,18,22,32-33,35,37H,10,30H2,1-3H3/t18-,22+,28+/m0/s1. The maximum absolute atomic E-state index is 13.9. The van der Waals surface area contributed by atoms with E-state index in [0.29, 0.717) is 27.8 Å². The van der Waals surface area contributed by atoms with Crippen LogP contribution in [-0.4, -0.2) is 49.3 Å². The monoisotopic (exact) mass is 564 g/mol. The Hall–Kier alpha value is -3.53. The minimum atomic E-state index is -2.57. The fraction of sp³-hybridized carbons (Fsp3) is 0.250. The third kappa shape index (κ3) is 3.45. The van der Waals surface area contributed by atoms with Gasteiger partial charge in [-0.05, 0) is 73.5 Å². The van der Waals surface area contributed by atoms with Crippen LogP contribution in [-0.2, 0) is 11.2 Å². The number of ketones is 2. The molecule has 3 aromatic carbocycles. The number of Topliss-reactive ketones (excluding diaryl/α,β-unsaturated/α-hetero) is 2. The normalized spacial score (nSPS) is 23.9. The van der Waals surface area contributed by atoms with E-state index in [1.54, 1.807) is 50.2 Å². The van der Waals surface area contributed by atoms with Crippen LogP contribution in [0.3, 0.4) is 0 Å². The summed E-state index contributed by atoms with van der Waals surface area (Å²) < 4.78 is 0.828. The molecule has 0 aliphatic heterocycles. The molecule has 0 amide bonds. The maximum Gasteiger partial charge on any atom is 0.206 e. The zero-order valence-corrected chi connectivity index (χ0v) is 21.9. The lowest BCUT2D eigenvalue weighted by molar-refractivity contribution is -0.122. The molecule has 2 aliphatic rings. The fourth-order valence-electron chi connectivity index (χ4n) is 5.53. The Labute approximate surface area is 220 Å². The first-order valence-electron chi connectivity index (χ1n) is 11.7. The predicted octanol–water partition coefficient (Wildman–Crippen LogP) is 4.23. The van der Waals surface area contributed by atoms with Gasteiger partial charge in [0.15, 0.2) is 11.4 Å². The van der Waals surface area contributed by atoms with Crippen LogP contribution in [0.4, 0.5) is 5.69 Å². The highest BCUT2D eigenvalue weighted by Gasteiger charge is 2.60. The Morgan fingerprint density at radius 1 is 1.05 bits per heavy atom. The van der Waals surface area contributed by atoms with Gasteiger partial charge in [-0.3, -0.25) is 14.6 Å². The summed E-state index contributed by atoms with van der Waals surface area (Å²) in [5, 5.41) is 45.5. The lowest BCUT2D eigenvalue weighted by Gasteiger charge is -2.45. The van der Waals surface area contributed by atoms with Crippen molar-refractivity contribution in [2.45, 2.75) is 38.8 Å². The highest BCUT2D eigenvalue weighted by atomic mass is 79.9. The number of hydrogen-bond acceptors (Lipinski definition) is 8. The number of phenolic OH excluding ortho intramolecular Hbond substituents is 2. The number of halogens is 1. The van der Waals surface area contributed by atoms with E-state index in [-0.39, 0.29) is 34.4 Å². The molecule has 5 rings (SSSR count). The first kappa shape index (κ1) is 25.1. The summed E-state index contributed by atoms with van der Waals surface area (Å²) >= 11 is 3.34. The quantitative estimate of drug-likeness (QED) is 0.292. The number of hydrogen-bond donors (Lipinski definition) is 5. The molecular formula is C28H25BrN2O6. The molecule has 0 fully saturated rings. The highest BCUT2D eigenvalue weighted by molar-refractivity contribution is 9.10. The second kappa shape index (κ2) is 8.51. The lowest BCUT2D eigenvalue weighted by atomic mass is 9.61. The zero-order valence-electron chi connectivity index (χ0n) is 20.3. The first-order valence-corrected chi connectivity index (χ1v) is 12.5. The average molecular weight is 565 g/mol. The van der Waals surface area contributed by atoms with E-state index in [0.717, 1.165) is 4.47 Å². The molecule has 190 valence electrons. The molecular weight excluding hydrogens is 540 g/mol. The minimum Gasteiger partial charge on any atom is -0.508 e. The number of aliphatic imine (C=N–C) groups is 1. The van der Waals surface area contributed by atoms with E-state index < -0.39 is 40.6 Å². The number of aliphatic hydroxyl groups is 2. The van der Waals surface area contributed by atoms with Crippen LogP contribution in [0.5, 0.6) is 11.5 Å². The summed E-state index contributed by atoms with van der Waals surface area (Å²) in [5.74, 6) is -4.32. The van der Waals surface area contributed by atoms with Crippen LogP contribution in [0.25, 0.3) is 10.8 Å². The van der Waals surface area contributed by atoms with Gasteiger partial charge in [0.25, 0.3) is 0 Å². The number of phenols is 2. The number of nitrogens with zero attached hydrogens (tertiary/aromatic N) is 1. The van der Waals surface area contributed by atoms with E-state index in [9.17, 15) is 30.0 Å². The Bertz CT molecular complexity index is 1590. The molecule has 2 aliphatic carbocycles. The third-order valence-corrected chi connectivity index (χ3v) is 8.14. The molecule has 3 atom stereocenters. The summed E-state index contributed by atoms with van der Waals surface area (Å²) in [7, 11) is 0. The van der Waals surface area contributed by atoms with Crippen LogP contribution in [0.1, 0.15) is 34.0 Å². The Balaban J connectivity index is 1.75. The van der Waals surface area contributed by atoms with Gasteiger partial charge in [0.2, 0.25) is 5.78 Å². The van der Waals surface area contributed by atoms with Gasteiger partial charge >= 0.3 is 0 Å². The molecule has 0 aromatic heterocycles. The number of rotatable bonds is 2. The number of aromatic hydroxyl groups is 2. The van der Waals surface area contributed by atoms with E-state index in [1.807, 2.05) is 0 Å². The molecule has 3 aromatic rings. The second-order valence-electron chi connectivity index (χ2n) is 9.67. The summed E-state index contributed by atoms with van der Waals surface area (Å²) in [6.45, 7) is 4.88. The molecule has 0 saturated carbocycles. The summed E-state index contributed by atoms with van der Waals surface area (Å²) in [6, 6.07) is 9.01. The van der Waals surface area contributed by atoms with Crippen LogP contribution in [0.15, 0.2) is 57.2 Å². The van der Waals surface area contributed by atoms with Gasteiger partial charge in [-0.15, -0.1) is 0 Å². The minimum absolute atomic E-state index is 0.0469. The second-order valence-corrected chi connectivity index (χ2v) is 10.6. The molecule has 0 radical (unpaired) electrons. The average Bonchev–Trinajstić information content (AvgIpc) is 2.85. The maximum atomic E-state index is 13.9. The van der Waals surface area contributed by atoms with Crippen molar-refractivity contribution in [3.05, 3.63) is 74.5 Å². The van der Waals surface area contributed by atoms with Crippen molar-refractivity contribution in [3.63, 3.8) is 0 Å². The Morgan fingerprint density at radius 2 is 1.70 bits per heavy atom. The zero-order chi connectivity index (χ0) is 27.0. The van der Waals surface area contributed by atoms with Gasteiger partial charge < -0.3 is 26.2 Å². The fourth-order valence-corrected chi connectivity index (χ4v) is 5.80. The number of nitrogens with two attached hydrogens (primary N) is 1. The van der Waals surface area contributed by atoms with E-state index >= 15 is 0 Å². The topological polar surface area (TPSA) is 153 Å².